The van der Waals surface area contributed by atoms with Crippen molar-refractivity contribution in [2.75, 3.05) is 0 Å². The molecule has 0 aliphatic heterocycles. The standard InChI is InChI=1S/C10H13ClF2O/c1-2-3-4-5-6-9(14)7-8-10(11,12)13/h3-4,9,14H,2,5-6H2,1H3/b4-3-. The first-order valence-corrected chi connectivity index (χ1v) is 4.76. The van der Waals surface area contributed by atoms with E-state index in [1.807, 2.05) is 25.0 Å². The second kappa shape index (κ2) is 6.80. The van der Waals surface area contributed by atoms with Gasteiger partial charge in [0.25, 0.3) is 0 Å². The number of halogens is 3. The molecule has 0 saturated carbocycles. The quantitative estimate of drug-likeness (QED) is 0.441. The molecule has 14 heavy (non-hydrogen) atoms. The molecule has 0 aromatic rings. The van der Waals surface area contributed by atoms with E-state index in [9.17, 15) is 8.78 Å². The minimum atomic E-state index is -3.54. The molecular weight excluding hydrogens is 210 g/mol. The van der Waals surface area contributed by atoms with Crippen molar-refractivity contribution in [3.63, 3.8) is 0 Å². The van der Waals surface area contributed by atoms with Gasteiger partial charge >= 0.3 is 5.38 Å². The Kier molecular flexibility index (Phi) is 6.52. The normalized spacial score (nSPS) is 13.8. The number of alkyl halides is 3. The smallest absolute Gasteiger partial charge is 0.380 e. The molecule has 0 saturated heterocycles. The van der Waals surface area contributed by atoms with E-state index >= 15 is 0 Å². The molecule has 80 valence electrons. The second-order valence-corrected chi connectivity index (χ2v) is 3.21. The van der Waals surface area contributed by atoms with E-state index in [2.05, 4.69) is 11.6 Å². The van der Waals surface area contributed by atoms with E-state index in [0.717, 1.165) is 6.42 Å². The third-order valence-corrected chi connectivity index (χ3v) is 1.48. The van der Waals surface area contributed by atoms with Crippen molar-refractivity contribution in [1.82, 2.24) is 0 Å². The summed E-state index contributed by atoms with van der Waals surface area (Å²) in [5.41, 5.74) is 0. The molecule has 4 heteroatoms. The Labute approximate surface area is 87.8 Å². The maximum atomic E-state index is 12.0. The zero-order valence-electron chi connectivity index (χ0n) is 7.93. The van der Waals surface area contributed by atoms with Crippen LogP contribution in [0.25, 0.3) is 0 Å². The summed E-state index contributed by atoms with van der Waals surface area (Å²) in [6, 6.07) is 0. The van der Waals surface area contributed by atoms with Crippen LogP contribution in [0.3, 0.4) is 0 Å². The number of rotatable bonds is 4. The molecule has 0 heterocycles. The van der Waals surface area contributed by atoms with Crippen LogP contribution in [0.5, 0.6) is 0 Å². The van der Waals surface area contributed by atoms with Crippen LogP contribution < -0.4 is 0 Å². The number of hydrogen-bond acceptors (Lipinski definition) is 1. The molecule has 0 fully saturated rings. The summed E-state index contributed by atoms with van der Waals surface area (Å²) in [4.78, 5) is 0. The van der Waals surface area contributed by atoms with Gasteiger partial charge in [-0.2, -0.15) is 8.78 Å². The van der Waals surface area contributed by atoms with E-state index in [1.54, 1.807) is 0 Å². The van der Waals surface area contributed by atoms with Crippen molar-refractivity contribution in [1.29, 1.82) is 0 Å². The fraction of sp³-hybridized carbons (Fsp3) is 0.600. The molecule has 1 unspecified atom stereocenters. The summed E-state index contributed by atoms with van der Waals surface area (Å²) < 4.78 is 24.0. The van der Waals surface area contributed by atoms with Gasteiger partial charge in [0.15, 0.2) is 0 Å². The Bertz CT molecular complexity index is 235. The molecule has 0 rings (SSSR count). The molecule has 0 aliphatic carbocycles. The van der Waals surface area contributed by atoms with Crippen molar-refractivity contribution in [2.24, 2.45) is 0 Å². The Morgan fingerprint density at radius 3 is 2.64 bits per heavy atom. The predicted octanol–water partition coefficient (Wildman–Crippen LogP) is 2.93. The fourth-order valence-corrected chi connectivity index (χ4v) is 0.830. The van der Waals surface area contributed by atoms with Crippen LogP contribution in [0, 0.1) is 11.8 Å². The Morgan fingerprint density at radius 1 is 1.50 bits per heavy atom. The molecular formula is C10H13ClF2O. The van der Waals surface area contributed by atoms with Crippen LogP contribution in [-0.4, -0.2) is 16.6 Å². The molecule has 0 radical (unpaired) electrons. The Morgan fingerprint density at radius 2 is 2.14 bits per heavy atom. The van der Waals surface area contributed by atoms with Crippen LogP contribution >= 0.6 is 11.6 Å². The van der Waals surface area contributed by atoms with Crippen molar-refractivity contribution < 1.29 is 13.9 Å². The van der Waals surface area contributed by atoms with Crippen LogP contribution in [0.15, 0.2) is 12.2 Å². The van der Waals surface area contributed by atoms with Gasteiger partial charge in [0.2, 0.25) is 0 Å². The highest BCUT2D eigenvalue weighted by Crippen LogP contribution is 2.16. The molecule has 0 amide bonds. The van der Waals surface area contributed by atoms with Gasteiger partial charge in [-0.25, -0.2) is 0 Å². The molecule has 1 nitrogen and oxygen atoms in total. The van der Waals surface area contributed by atoms with Crippen LogP contribution in [0.2, 0.25) is 0 Å². The van der Waals surface area contributed by atoms with E-state index in [0.29, 0.717) is 12.8 Å². The van der Waals surface area contributed by atoms with Gasteiger partial charge in [0.05, 0.1) is 0 Å². The van der Waals surface area contributed by atoms with Gasteiger partial charge in [0.1, 0.15) is 6.10 Å². The maximum absolute atomic E-state index is 12.0. The number of allylic oxidation sites excluding steroid dienone is 2. The SMILES string of the molecule is CC/C=C\CCC(O)C#CC(F)(F)Cl. The Hall–Kier alpha value is -0.590. The third kappa shape index (κ3) is 9.50. The number of hydrogen-bond donors (Lipinski definition) is 1. The highest BCUT2D eigenvalue weighted by atomic mass is 35.5. The lowest BCUT2D eigenvalue weighted by Crippen LogP contribution is -2.06. The summed E-state index contributed by atoms with van der Waals surface area (Å²) in [5.74, 6) is 3.46. The summed E-state index contributed by atoms with van der Waals surface area (Å²) in [6.07, 6.45) is 4.66. The molecule has 0 aromatic carbocycles. The molecule has 0 aromatic heterocycles. The van der Waals surface area contributed by atoms with Crippen molar-refractivity contribution in [3.8, 4) is 11.8 Å². The highest BCUT2D eigenvalue weighted by Gasteiger charge is 2.20. The maximum Gasteiger partial charge on any atom is 0.386 e. The monoisotopic (exact) mass is 222 g/mol. The first kappa shape index (κ1) is 13.4. The second-order valence-electron chi connectivity index (χ2n) is 2.74. The average Bonchev–Trinajstić information content (AvgIpc) is 2.08. The third-order valence-electron chi connectivity index (χ3n) is 1.39. The van der Waals surface area contributed by atoms with Crippen molar-refractivity contribution >= 4 is 11.6 Å². The lowest BCUT2D eigenvalue weighted by Gasteiger charge is -2.00. The minimum absolute atomic E-state index is 0.344. The lowest BCUT2D eigenvalue weighted by molar-refractivity contribution is 0.162. The number of aliphatic hydroxyl groups excluding tert-OH is 1. The molecule has 0 aliphatic rings. The van der Waals surface area contributed by atoms with Gasteiger partial charge < -0.3 is 5.11 Å². The zero-order valence-corrected chi connectivity index (χ0v) is 8.69. The fourth-order valence-electron chi connectivity index (χ4n) is 0.776. The molecule has 0 spiro atoms. The van der Waals surface area contributed by atoms with Crippen LogP contribution in [0.4, 0.5) is 8.78 Å². The zero-order chi connectivity index (χ0) is 11.0. The molecule has 1 atom stereocenters. The van der Waals surface area contributed by atoms with Gasteiger partial charge in [0, 0.05) is 0 Å². The van der Waals surface area contributed by atoms with E-state index in [1.165, 1.54) is 5.92 Å². The first-order chi connectivity index (χ1) is 6.45. The van der Waals surface area contributed by atoms with E-state index in [4.69, 9.17) is 5.11 Å². The minimum Gasteiger partial charge on any atom is -0.380 e. The lowest BCUT2D eigenvalue weighted by atomic mass is 10.2. The van der Waals surface area contributed by atoms with Gasteiger partial charge in [-0.05, 0) is 36.8 Å². The van der Waals surface area contributed by atoms with E-state index < -0.39 is 11.5 Å². The van der Waals surface area contributed by atoms with Gasteiger partial charge in [-0.3, -0.25) is 0 Å². The van der Waals surface area contributed by atoms with Crippen LogP contribution in [-0.2, 0) is 0 Å². The summed E-state index contributed by atoms with van der Waals surface area (Å²) in [5, 5.41) is 5.57. The average molecular weight is 223 g/mol. The van der Waals surface area contributed by atoms with Gasteiger partial charge in [-0.15, -0.1) is 0 Å². The number of aliphatic hydroxyl groups is 1. The van der Waals surface area contributed by atoms with Crippen LogP contribution in [0.1, 0.15) is 26.2 Å². The molecule has 0 bridgehead atoms. The van der Waals surface area contributed by atoms with E-state index in [-0.39, 0.29) is 0 Å². The van der Waals surface area contributed by atoms with Gasteiger partial charge in [-0.1, -0.05) is 25.0 Å². The van der Waals surface area contributed by atoms with Crippen molar-refractivity contribution in [3.05, 3.63) is 12.2 Å². The topological polar surface area (TPSA) is 20.2 Å². The van der Waals surface area contributed by atoms with Crippen molar-refractivity contribution in [2.45, 2.75) is 37.7 Å². The summed E-state index contributed by atoms with van der Waals surface area (Å²) in [6.45, 7) is 1.99. The first-order valence-electron chi connectivity index (χ1n) is 4.38. The highest BCUT2D eigenvalue weighted by molar-refractivity contribution is 6.23. The summed E-state index contributed by atoms with van der Waals surface area (Å²) in [7, 11) is 0. The Balaban J connectivity index is 3.79. The largest absolute Gasteiger partial charge is 0.386 e. The molecule has 1 N–H and O–H groups in total. The predicted molar refractivity (Wildman–Crippen MR) is 53.2 cm³/mol. The summed E-state index contributed by atoms with van der Waals surface area (Å²) >= 11 is 4.53.